The second-order valence-corrected chi connectivity index (χ2v) is 6.14. The van der Waals surface area contributed by atoms with E-state index >= 15 is 0 Å². The quantitative estimate of drug-likeness (QED) is 0.813. The SMILES string of the molecule is Cl.Cl.O=C(NCc1ccnc(N2CCOCC2)c1)C1CSCN1. The van der Waals surface area contributed by atoms with Crippen molar-refractivity contribution in [3.8, 4) is 0 Å². The molecule has 1 unspecified atom stereocenters. The third kappa shape index (κ3) is 5.69. The Morgan fingerprint density at radius 1 is 1.43 bits per heavy atom. The minimum absolute atomic E-state index is 0. The summed E-state index contributed by atoms with van der Waals surface area (Å²) in [6.07, 6.45) is 1.80. The van der Waals surface area contributed by atoms with Gasteiger partial charge in [-0.3, -0.25) is 10.1 Å². The minimum Gasteiger partial charge on any atom is -0.378 e. The van der Waals surface area contributed by atoms with E-state index in [1.807, 2.05) is 12.1 Å². The summed E-state index contributed by atoms with van der Waals surface area (Å²) in [7, 11) is 0. The summed E-state index contributed by atoms with van der Waals surface area (Å²) in [6.45, 7) is 3.76. The molecule has 3 rings (SSSR count). The highest BCUT2D eigenvalue weighted by molar-refractivity contribution is 7.99. The maximum atomic E-state index is 12.0. The molecule has 0 spiro atoms. The topological polar surface area (TPSA) is 66.5 Å². The fourth-order valence-electron chi connectivity index (χ4n) is 2.41. The van der Waals surface area contributed by atoms with Gasteiger partial charge in [0.25, 0.3) is 0 Å². The average Bonchev–Trinajstić information content (AvgIpc) is 3.08. The van der Waals surface area contributed by atoms with Crippen LogP contribution in [0.3, 0.4) is 0 Å². The summed E-state index contributed by atoms with van der Waals surface area (Å²) in [5.41, 5.74) is 1.07. The molecule has 6 nitrogen and oxygen atoms in total. The number of thioether (sulfide) groups is 1. The molecule has 0 bridgehead atoms. The number of nitrogens with one attached hydrogen (secondary N) is 2. The molecule has 130 valence electrons. The Morgan fingerprint density at radius 2 is 2.22 bits per heavy atom. The van der Waals surface area contributed by atoms with Crippen LogP contribution in [0.1, 0.15) is 5.56 Å². The molecule has 3 heterocycles. The number of morpholine rings is 1. The van der Waals surface area contributed by atoms with E-state index in [0.717, 1.165) is 49.3 Å². The minimum atomic E-state index is -0.0597. The van der Waals surface area contributed by atoms with E-state index in [0.29, 0.717) is 6.54 Å². The average molecular weight is 381 g/mol. The van der Waals surface area contributed by atoms with E-state index in [1.54, 1.807) is 18.0 Å². The number of halogens is 2. The Hall–Kier alpha value is -0.730. The first-order valence-corrected chi connectivity index (χ1v) is 8.35. The molecule has 2 saturated heterocycles. The third-order valence-electron chi connectivity index (χ3n) is 3.64. The van der Waals surface area contributed by atoms with Crippen LogP contribution in [0.2, 0.25) is 0 Å². The number of carbonyl (C=O) groups is 1. The fourth-order valence-corrected chi connectivity index (χ4v) is 3.35. The summed E-state index contributed by atoms with van der Waals surface area (Å²) in [4.78, 5) is 18.6. The Balaban J connectivity index is 0.00000132. The van der Waals surface area contributed by atoms with Gasteiger partial charge < -0.3 is 15.0 Å². The monoisotopic (exact) mass is 380 g/mol. The number of carbonyl (C=O) groups excluding carboxylic acids is 1. The molecule has 2 aliphatic rings. The highest BCUT2D eigenvalue weighted by Gasteiger charge is 2.22. The van der Waals surface area contributed by atoms with Crippen LogP contribution in [0.5, 0.6) is 0 Å². The van der Waals surface area contributed by atoms with Gasteiger partial charge in [0.1, 0.15) is 5.82 Å². The van der Waals surface area contributed by atoms with Gasteiger partial charge in [-0.2, -0.15) is 0 Å². The molecule has 1 atom stereocenters. The van der Waals surface area contributed by atoms with E-state index in [1.165, 1.54) is 0 Å². The second-order valence-electron chi connectivity index (χ2n) is 5.11. The number of rotatable bonds is 4. The van der Waals surface area contributed by atoms with Crippen LogP contribution in [0, 0.1) is 0 Å². The Morgan fingerprint density at radius 3 is 2.91 bits per heavy atom. The Kier molecular flexibility index (Phi) is 9.01. The predicted octanol–water partition coefficient (Wildman–Crippen LogP) is 1.04. The van der Waals surface area contributed by atoms with Gasteiger partial charge in [-0.15, -0.1) is 36.6 Å². The van der Waals surface area contributed by atoms with Crippen molar-refractivity contribution in [1.82, 2.24) is 15.6 Å². The van der Waals surface area contributed by atoms with Crippen LogP contribution in [-0.2, 0) is 16.1 Å². The summed E-state index contributed by atoms with van der Waals surface area (Å²) in [6, 6.07) is 3.93. The fraction of sp³-hybridized carbons (Fsp3) is 0.571. The number of amides is 1. The van der Waals surface area contributed by atoms with Gasteiger partial charge in [-0.1, -0.05) is 0 Å². The van der Waals surface area contributed by atoms with Crippen molar-refractivity contribution in [2.24, 2.45) is 0 Å². The molecule has 0 saturated carbocycles. The molecule has 1 aromatic heterocycles. The Labute approximate surface area is 152 Å². The predicted molar refractivity (Wildman–Crippen MR) is 97.9 cm³/mol. The summed E-state index contributed by atoms with van der Waals surface area (Å²) in [5, 5.41) is 6.16. The highest BCUT2D eigenvalue weighted by Crippen LogP contribution is 2.14. The number of hydrogen-bond acceptors (Lipinski definition) is 6. The zero-order valence-electron chi connectivity index (χ0n) is 12.7. The molecule has 0 aromatic carbocycles. The Bertz CT molecular complexity index is 497. The number of hydrogen-bond donors (Lipinski definition) is 2. The largest absolute Gasteiger partial charge is 0.378 e. The molecular weight excluding hydrogens is 359 g/mol. The van der Waals surface area contributed by atoms with Gasteiger partial charge in [0.05, 0.1) is 19.3 Å². The lowest BCUT2D eigenvalue weighted by Gasteiger charge is -2.28. The van der Waals surface area contributed by atoms with Crippen molar-refractivity contribution in [1.29, 1.82) is 0 Å². The van der Waals surface area contributed by atoms with E-state index in [9.17, 15) is 4.79 Å². The van der Waals surface area contributed by atoms with Gasteiger partial charge in [0.2, 0.25) is 5.91 Å². The van der Waals surface area contributed by atoms with Crippen LogP contribution in [0.25, 0.3) is 0 Å². The zero-order valence-corrected chi connectivity index (χ0v) is 15.1. The number of aromatic nitrogens is 1. The first kappa shape index (κ1) is 20.3. The van der Waals surface area contributed by atoms with E-state index in [2.05, 4.69) is 20.5 Å². The van der Waals surface area contributed by atoms with Crippen LogP contribution >= 0.6 is 36.6 Å². The van der Waals surface area contributed by atoms with E-state index in [4.69, 9.17) is 4.74 Å². The van der Waals surface area contributed by atoms with Crippen LogP contribution in [0.4, 0.5) is 5.82 Å². The van der Waals surface area contributed by atoms with E-state index < -0.39 is 0 Å². The molecular formula is C14H22Cl2N4O2S. The maximum absolute atomic E-state index is 12.0. The molecule has 2 N–H and O–H groups in total. The molecule has 0 aliphatic carbocycles. The summed E-state index contributed by atoms with van der Waals surface area (Å²) < 4.78 is 5.35. The van der Waals surface area contributed by atoms with Crippen molar-refractivity contribution in [2.45, 2.75) is 12.6 Å². The van der Waals surface area contributed by atoms with Gasteiger partial charge in [0, 0.05) is 37.5 Å². The van der Waals surface area contributed by atoms with Crippen LogP contribution < -0.4 is 15.5 Å². The highest BCUT2D eigenvalue weighted by atomic mass is 35.5. The summed E-state index contributed by atoms with van der Waals surface area (Å²) >= 11 is 1.75. The lowest BCUT2D eigenvalue weighted by molar-refractivity contribution is -0.122. The van der Waals surface area contributed by atoms with E-state index in [-0.39, 0.29) is 36.8 Å². The second kappa shape index (κ2) is 10.2. The molecule has 2 fully saturated rings. The number of anilines is 1. The molecule has 9 heteroatoms. The number of ether oxygens (including phenoxy) is 1. The van der Waals surface area contributed by atoms with Crippen LogP contribution in [-0.4, -0.2) is 54.9 Å². The lowest BCUT2D eigenvalue weighted by atomic mass is 10.2. The zero-order chi connectivity index (χ0) is 14.5. The van der Waals surface area contributed by atoms with Gasteiger partial charge >= 0.3 is 0 Å². The first-order valence-electron chi connectivity index (χ1n) is 7.19. The molecule has 2 aliphatic heterocycles. The van der Waals surface area contributed by atoms with Gasteiger partial charge in [-0.25, -0.2) is 4.98 Å². The first-order chi connectivity index (χ1) is 10.3. The molecule has 1 aromatic rings. The van der Waals surface area contributed by atoms with Crippen LogP contribution in [0.15, 0.2) is 18.3 Å². The van der Waals surface area contributed by atoms with Gasteiger partial charge in [-0.05, 0) is 17.7 Å². The van der Waals surface area contributed by atoms with Gasteiger partial charge in [0.15, 0.2) is 0 Å². The smallest absolute Gasteiger partial charge is 0.238 e. The number of nitrogens with zero attached hydrogens (tertiary/aromatic N) is 2. The molecule has 23 heavy (non-hydrogen) atoms. The third-order valence-corrected chi connectivity index (χ3v) is 4.58. The summed E-state index contributed by atoms with van der Waals surface area (Å²) in [5.74, 6) is 2.74. The maximum Gasteiger partial charge on any atom is 0.238 e. The van der Waals surface area contributed by atoms with Crippen molar-refractivity contribution in [3.05, 3.63) is 23.9 Å². The van der Waals surface area contributed by atoms with Crippen molar-refractivity contribution >= 4 is 48.3 Å². The lowest BCUT2D eigenvalue weighted by Crippen LogP contribution is -2.41. The molecule has 1 amide bonds. The van der Waals surface area contributed by atoms with Crippen molar-refractivity contribution in [3.63, 3.8) is 0 Å². The van der Waals surface area contributed by atoms with Crippen molar-refractivity contribution in [2.75, 3.05) is 42.8 Å². The standard InChI is InChI=1S/C14H20N4O2S.2ClH/c19-14(12-9-21-10-17-12)16-8-11-1-2-15-13(7-11)18-3-5-20-6-4-18;;/h1-2,7,12,17H,3-6,8-10H2,(H,16,19);2*1H. The van der Waals surface area contributed by atoms with Crippen molar-refractivity contribution < 1.29 is 9.53 Å². The molecule has 0 radical (unpaired) electrons. The normalized spacial score (nSPS) is 20.3. The number of pyridine rings is 1.